The minimum absolute atomic E-state index is 0.0135. The number of benzene rings is 2. The molecular formula is C17H16BrF3N2O. The van der Waals surface area contributed by atoms with E-state index in [0.717, 1.165) is 9.48 Å². The van der Waals surface area contributed by atoms with Crippen LogP contribution in [0.4, 0.5) is 13.2 Å². The number of hydrazine groups is 1. The normalized spacial score (nSPS) is 19.5. The Kier molecular flexibility index (Phi) is 4.12. The van der Waals surface area contributed by atoms with Gasteiger partial charge in [0.15, 0.2) is 6.04 Å². The van der Waals surface area contributed by atoms with Crippen LogP contribution in [-0.2, 0) is 4.79 Å². The lowest BCUT2D eigenvalue weighted by atomic mass is 9.93. The molecule has 1 aliphatic rings. The van der Waals surface area contributed by atoms with Gasteiger partial charge in [0.05, 0.1) is 5.41 Å². The summed E-state index contributed by atoms with van der Waals surface area (Å²) < 4.78 is 42.3. The topological polar surface area (TPSA) is 32.3 Å². The molecule has 1 saturated heterocycles. The number of amides is 1. The maximum absolute atomic E-state index is 13.9. The van der Waals surface area contributed by atoms with Crippen LogP contribution in [0.25, 0.3) is 10.8 Å². The fourth-order valence-electron chi connectivity index (χ4n) is 3.03. The Balaban J connectivity index is 2.16. The zero-order valence-electron chi connectivity index (χ0n) is 13.1. The predicted molar refractivity (Wildman–Crippen MR) is 89.1 cm³/mol. The van der Waals surface area contributed by atoms with Gasteiger partial charge in [-0.05, 0) is 36.2 Å². The van der Waals surface area contributed by atoms with E-state index in [1.165, 1.54) is 6.07 Å². The summed E-state index contributed by atoms with van der Waals surface area (Å²) in [5, 5.41) is 2.21. The summed E-state index contributed by atoms with van der Waals surface area (Å²) in [5.74, 6) is -0.404. The Morgan fingerprint density at radius 2 is 1.79 bits per heavy atom. The highest BCUT2D eigenvalue weighted by atomic mass is 79.9. The van der Waals surface area contributed by atoms with Crippen molar-refractivity contribution in [3.8, 4) is 0 Å². The largest absolute Gasteiger partial charge is 0.409 e. The van der Waals surface area contributed by atoms with Crippen LogP contribution in [-0.4, -0.2) is 23.6 Å². The van der Waals surface area contributed by atoms with Crippen LogP contribution >= 0.6 is 15.9 Å². The van der Waals surface area contributed by atoms with Gasteiger partial charge >= 0.3 is 6.18 Å². The summed E-state index contributed by atoms with van der Waals surface area (Å²) in [6, 6.07) is 8.08. The van der Waals surface area contributed by atoms with Gasteiger partial charge in [0, 0.05) is 11.0 Å². The standard InChI is InChI=1S/C17H16BrF3N2O/c1-16(2)9-23(22-15(16)24)14(17(19,20)21)12-7-3-6-11-10(12)5-4-8-13(11)18/h3-8,14H,9H2,1-2H3,(H,22,24). The second-order valence-corrected chi connectivity index (χ2v) is 7.43. The van der Waals surface area contributed by atoms with Crippen LogP contribution in [0.1, 0.15) is 25.5 Å². The smallest absolute Gasteiger partial charge is 0.287 e. The highest BCUT2D eigenvalue weighted by Crippen LogP contribution is 2.43. The van der Waals surface area contributed by atoms with Gasteiger partial charge in [-0.2, -0.15) is 13.2 Å². The van der Waals surface area contributed by atoms with Crippen molar-refractivity contribution in [2.75, 3.05) is 6.54 Å². The van der Waals surface area contributed by atoms with E-state index in [-0.39, 0.29) is 12.1 Å². The molecule has 1 atom stereocenters. The third-order valence-electron chi connectivity index (χ3n) is 4.24. The number of alkyl halides is 3. The summed E-state index contributed by atoms with van der Waals surface area (Å²) in [4.78, 5) is 12.0. The molecule has 3 rings (SSSR count). The zero-order chi connectivity index (χ0) is 17.7. The van der Waals surface area contributed by atoms with E-state index >= 15 is 0 Å². The molecule has 0 aliphatic carbocycles. The Labute approximate surface area is 145 Å². The Morgan fingerprint density at radius 3 is 2.38 bits per heavy atom. The first-order chi connectivity index (χ1) is 11.1. The fraction of sp³-hybridized carbons (Fsp3) is 0.353. The molecule has 2 aromatic rings. The van der Waals surface area contributed by atoms with Gasteiger partial charge in [-0.3, -0.25) is 10.2 Å². The highest BCUT2D eigenvalue weighted by molar-refractivity contribution is 9.10. The molecular weight excluding hydrogens is 385 g/mol. The Hall–Kier alpha value is -1.60. The molecule has 1 unspecified atom stereocenters. The number of hydrogen-bond acceptors (Lipinski definition) is 2. The molecule has 7 heteroatoms. The molecule has 128 valence electrons. The van der Waals surface area contributed by atoms with Crippen LogP contribution in [0.15, 0.2) is 40.9 Å². The van der Waals surface area contributed by atoms with Crippen molar-refractivity contribution >= 4 is 32.6 Å². The first-order valence-electron chi connectivity index (χ1n) is 7.43. The lowest BCUT2D eigenvalue weighted by molar-refractivity contribution is -0.191. The first-order valence-corrected chi connectivity index (χ1v) is 8.22. The molecule has 3 nitrogen and oxygen atoms in total. The fourth-order valence-corrected chi connectivity index (χ4v) is 3.53. The molecule has 2 aromatic carbocycles. The van der Waals surface area contributed by atoms with E-state index in [0.29, 0.717) is 10.8 Å². The van der Waals surface area contributed by atoms with Crippen LogP contribution in [0.2, 0.25) is 0 Å². The summed E-state index contributed by atoms with van der Waals surface area (Å²) in [6.45, 7) is 3.26. The summed E-state index contributed by atoms with van der Waals surface area (Å²) >= 11 is 3.38. The van der Waals surface area contributed by atoms with Crippen molar-refractivity contribution in [2.45, 2.75) is 26.1 Å². The molecule has 1 fully saturated rings. The number of carbonyl (C=O) groups is 1. The van der Waals surface area contributed by atoms with Crippen LogP contribution in [0.5, 0.6) is 0 Å². The second kappa shape index (κ2) is 5.74. The lowest BCUT2D eigenvalue weighted by Crippen LogP contribution is -2.43. The third kappa shape index (κ3) is 2.91. The van der Waals surface area contributed by atoms with E-state index in [9.17, 15) is 18.0 Å². The number of halogens is 4. The molecule has 1 N–H and O–H groups in total. The van der Waals surface area contributed by atoms with Gasteiger partial charge in [0.1, 0.15) is 0 Å². The van der Waals surface area contributed by atoms with Gasteiger partial charge in [-0.1, -0.05) is 46.3 Å². The first kappa shape index (κ1) is 17.2. The van der Waals surface area contributed by atoms with E-state index in [1.807, 2.05) is 0 Å². The van der Waals surface area contributed by atoms with Crippen LogP contribution in [0, 0.1) is 5.41 Å². The molecule has 1 heterocycles. The average Bonchev–Trinajstić information content (AvgIpc) is 2.72. The summed E-state index contributed by atoms with van der Waals surface area (Å²) in [7, 11) is 0. The van der Waals surface area contributed by atoms with Gasteiger partial charge in [-0.25, -0.2) is 5.01 Å². The van der Waals surface area contributed by atoms with Crippen LogP contribution in [0.3, 0.4) is 0 Å². The number of hydrogen-bond donors (Lipinski definition) is 1. The molecule has 0 spiro atoms. The van der Waals surface area contributed by atoms with E-state index in [2.05, 4.69) is 21.4 Å². The Bertz CT molecular complexity index is 804. The molecule has 1 amide bonds. The average molecular weight is 401 g/mol. The maximum atomic E-state index is 13.9. The third-order valence-corrected chi connectivity index (χ3v) is 4.94. The molecule has 24 heavy (non-hydrogen) atoms. The van der Waals surface area contributed by atoms with Gasteiger partial charge in [0.25, 0.3) is 0 Å². The van der Waals surface area contributed by atoms with Crippen molar-refractivity contribution in [3.63, 3.8) is 0 Å². The van der Waals surface area contributed by atoms with Crippen molar-refractivity contribution in [2.24, 2.45) is 5.41 Å². The van der Waals surface area contributed by atoms with E-state index < -0.39 is 23.5 Å². The highest BCUT2D eigenvalue weighted by Gasteiger charge is 2.51. The molecule has 0 bridgehead atoms. The van der Waals surface area contributed by atoms with E-state index in [1.54, 1.807) is 44.2 Å². The number of nitrogens with one attached hydrogen (secondary N) is 1. The molecule has 0 aromatic heterocycles. The molecule has 0 saturated carbocycles. The van der Waals surface area contributed by atoms with Crippen molar-refractivity contribution < 1.29 is 18.0 Å². The van der Waals surface area contributed by atoms with Gasteiger partial charge < -0.3 is 0 Å². The number of nitrogens with zero attached hydrogens (tertiary/aromatic N) is 1. The Morgan fingerprint density at radius 1 is 1.17 bits per heavy atom. The SMILES string of the molecule is CC1(C)CN(C(c2cccc3c(Br)cccc23)C(F)(F)F)NC1=O. The van der Waals surface area contributed by atoms with Crippen molar-refractivity contribution in [1.82, 2.24) is 10.4 Å². The quantitative estimate of drug-likeness (QED) is 0.799. The van der Waals surface area contributed by atoms with Crippen molar-refractivity contribution in [1.29, 1.82) is 0 Å². The maximum Gasteiger partial charge on any atom is 0.409 e. The predicted octanol–water partition coefficient (Wildman–Crippen LogP) is 4.58. The lowest BCUT2D eigenvalue weighted by Gasteiger charge is -2.30. The van der Waals surface area contributed by atoms with Crippen molar-refractivity contribution in [3.05, 3.63) is 46.4 Å². The van der Waals surface area contributed by atoms with Gasteiger partial charge in [0.2, 0.25) is 5.91 Å². The monoisotopic (exact) mass is 400 g/mol. The minimum Gasteiger partial charge on any atom is -0.287 e. The number of rotatable bonds is 2. The minimum atomic E-state index is -4.52. The number of carbonyl (C=O) groups excluding carboxylic acids is 1. The van der Waals surface area contributed by atoms with Gasteiger partial charge in [-0.15, -0.1) is 0 Å². The number of fused-ring (bicyclic) bond motifs is 1. The summed E-state index contributed by atoms with van der Waals surface area (Å²) in [5.41, 5.74) is 1.65. The summed E-state index contributed by atoms with van der Waals surface area (Å²) in [6.07, 6.45) is -4.52. The van der Waals surface area contributed by atoms with Crippen LogP contribution < -0.4 is 5.43 Å². The molecule has 1 aliphatic heterocycles. The van der Waals surface area contributed by atoms with E-state index in [4.69, 9.17) is 0 Å². The zero-order valence-corrected chi connectivity index (χ0v) is 14.7. The second-order valence-electron chi connectivity index (χ2n) is 6.58. The molecule has 0 radical (unpaired) electrons.